The van der Waals surface area contributed by atoms with Crippen LogP contribution in [0.2, 0.25) is 0 Å². The molecule has 0 saturated carbocycles. The normalized spacial score (nSPS) is 22.7. The molecule has 12 heavy (non-hydrogen) atoms. The molecule has 1 unspecified atom stereocenters. The lowest BCUT2D eigenvalue weighted by Crippen LogP contribution is -2.19. The summed E-state index contributed by atoms with van der Waals surface area (Å²) in [4.78, 5) is 11.0. The lowest BCUT2D eigenvalue weighted by atomic mass is 9.95. The van der Waals surface area contributed by atoms with Crippen LogP contribution in [-0.4, -0.2) is 18.2 Å². The first-order valence-electron chi connectivity index (χ1n) is 3.80. The summed E-state index contributed by atoms with van der Waals surface area (Å²) < 4.78 is 4.53. The van der Waals surface area contributed by atoms with Gasteiger partial charge in [0.15, 0.2) is 0 Å². The van der Waals surface area contributed by atoms with E-state index in [2.05, 4.69) is 4.74 Å². The molecule has 1 N–H and O–H groups in total. The number of esters is 1. The van der Waals surface area contributed by atoms with Gasteiger partial charge in [-0.15, -0.1) is 0 Å². The molecule has 0 amide bonds. The molecule has 0 bridgehead atoms. The van der Waals surface area contributed by atoms with Crippen LogP contribution in [0.3, 0.4) is 0 Å². The van der Waals surface area contributed by atoms with Gasteiger partial charge >= 0.3 is 5.97 Å². The summed E-state index contributed by atoms with van der Waals surface area (Å²) in [5, 5.41) is 9.36. The number of rotatable bonds is 1. The van der Waals surface area contributed by atoms with Gasteiger partial charge in [-0.1, -0.05) is 11.6 Å². The smallest absolute Gasteiger partial charge is 0.316 e. The predicted molar refractivity (Wildman–Crippen MR) is 44.6 cm³/mol. The van der Waals surface area contributed by atoms with Gasteiger partial charge in [0.05, 0.1) is 7.11 Å². The number of methoxy groups -OCH3 is 1. The van der Waals surface area contributed by atoms with E-state index in [1.54, 1.807) is 6.08 Å². The van der Waals surface area contributed by atoms with Crippen LogP contribution in [0.4, 0.5) is 0 Å². The minimum absolute atomic E-state index is 0.0989. The monoisotopic (exact) mass is 168 g/mol. The molecule has 1 aliphatic rings. The van der Waals surface area contributed by atoms with Crippen molar-refractivity contribution in [3.63, 3.8) is 0 Å². The zero-order valence-electron chi connectivity index (χ0n) is 7.20. The van der Waals surface area contributed by atoms with E-state index < -0.39 is 5.92 Å². The minimum Gasteiger partial charge on any atom is -0.511 e. The summed E-state index contributed by atoms with van der Waals surface area (Å²) in [5.74, 6) is -0.784. The Bertz CT molecular complexity index is 250. The summed E-state index contributed by atoms with van der Waals surface area (Å²) in [6, 6.07) is 0. The van der Waals surface area contributed by atoms with E-state index >= 15 is 0 Å². The van der Waals surface area contributed by atoms with Crippen LogP contribution in [0.5, 0.6) is 0 Å². The molecule has 0 heterocycles. The lowest BCUT2D eigenvalue weighted by molar-refractivity contribution is -0.144. The van der Waals surface area contributed by atoms with Crippen molar-refractivity contribution in [3.05, 3.63) is 23.5 Å². The molecule has 0 spiro atoms. The third-order valence-electron chi connectivity index (χ3n) is 1.89. The van der Waals surface area contributed by atoms with Crippen LogP contribution in [0.25, 0.3) is 0 Å². The number of ether oxygens (including phenoxy) is 1. The Labute approximate surface area is 71.3 Å². The van der Waals surface area contributed by atoms with Gasteiger partial charge in [-0.3, -0.25) is 4.79 Å². The van der Waals surface area contributed by atoms with Crippen LogP contribution in [0.15, 0.2) is 23.5 Å². The van der Waals surface area contributed by atoms with Crippen molar-refractivity contribution in [2.45, 2.75) is 13.3 Å². The van der Waals surface area contributed by atoms with Crippen molar-refractivity contribution < 1.29 is 14.6 Å². The third-order valence-corrected chi connectivity index (χ3v) is 1.89. The topological polar surface area (TPSA) is 46.5 Å². The number of hydrogen-bond donors (Lipinski definition) is 1. The maximum absolute atomic E-state index is 11.0. The molecule has 3 nitrogen and oxygen atoms in total. The molecule has 0 aromatic rings. The second-order valence-corrected chi connectivity index (χ2v) is 2.83. The van der Waals surface area contributed by atoms with E-state index in [4.69, 9.17) is 0 Å². The van der Waals surface area contributed by atoms with Gasteiger partial charge in [0.25, 0.3) is 0 Å². The summed E-state index contributed by atoms with van der Waals surface area (Å²) in [7, 11) is 1.32. The SMILES string of the molecule is COC(=O)C1CC=C(C)C=C1O. The maximum atomic E-state index is 11.0. The van der Waals surface area contributed by atoms with Gasteiger partial charge < -0.3 is 9.84 Å². The number of carbonyl (C=O) groups excluding carboxylic acids is 1. The van der Waals surface area contributed by atoms with Crippen molar-refractivity contribution in [1.82, 2.24) is 0 Å². The standard InChI is InChI=1S/C9H12O3/c1-6-3-4-7(8(10)5-6)9(11)12-2/h3,5,7,10H,4H2,1-2H3. The highest BCUT2D eigenvalue weighted by atomic mass is 16.5. The highest BCUT2D eigenvalue weighted by Gasteiger charge is 2.24. The van der Waals surface area contributed by atoms with Gasteiger partial charge in [0.2, 0.25) is 0 Å². The van der Waals surface area contributed by atoms with Gasteiger partial charge in [0, 0.05) is 0 Å². The molecule has 3 heteroatoms. The van der Waals surface area contributed by atoms with E-state index in [-0.39, 0.29) is 11.7 Å². The van der Waals surface area contributed by atoms with Crippen LogP contribution in [0.1, 0.15) is 13.3 Å². The predicted octanol–water partition coefficient (Wildman–Crippen LogP) is 1.57. The molecular formula is C9H12O3. The summed E-state index contributed by atoms with van der Waals surface area (Å²) in [6.45, 7) is 1.88. The third kappa shape index (κ3) is 1.67. The van der Waals surface area contributed by atoms with E-state index in [1.807, 2.05) is 13.0 Å². The summed E-state index contributed by atoms with van der Waals surface area (Å²) in [6.07, 6.45) is 4.02. The van der Waals surface area contributed by atoms with Crippen molar-refractivity contribution >= 4 is 5.97 Å². The maximum Gasteiger partial charge on any atom is 0.316 e. The van der Waals surface area contributed by atoms with E-state index in [0.29, 0.717) is 6.42 Å². The van der Waals surface area contributed by atoms with E-state index in [9.17, 15) is 9.90 Å². The van der Waals surface area contributed by atoms with E-state index in [1.165, 1.54) is 7.11 Å². The molecule has 0 aromatic heterocycles. The fourth-order valence-electron chi connectivity index (χ4n) is 1.18. The Morgan fingerprint density at radius 1 is 1.75 bits per heavy atom. The van der Waals surface area contributed by atoms with Gasteiger partial charge in [0.1, 0.15) is 11.7 Å². The second-order valence-electron chi connectivity index (χ2n) is 2.83. The molecule has 0 aromatic carbocycles. The molecule has 0 fully saturated rings. The van der Waals surface area contributed by atoms with Crippen LogP contribution < -0.4 is 0 Å². The van der Waals surface area contributed by atoms with Gasteiger partial charge in [-0.2, -0.15) is 0 Å². The van der Waals surface area contributed by atoms with Crippen LogP contribution >= 0.6 is 0 Å². The summed E-state index contributed by atoms with van der Waals surface area (Å²) >= 11 is 0. The number of allylic oxidation sites excluding steroid dienone is 3. The number of aliphatic hydroxyl groups excluding tert-OH is 1. The molecule has 1 aliphatic carbocycles. The largest absolute Gasteiger partial charge is 0.511 e. The molecule has 0 aliphatic heterocycles. The Morgan fingerprint density at radius 2 is 2.42 bits per heavy atom. The van der Waals surface area contributed by atoms with Crippen molar-refractivity contribution in [1.29, 1.82) is 0 Å². The Hall–Kier alpha value is -1.25. The van der Waals surface area contributed by atoms with E-state index in [0.717, 1.165) is 5.57 Å². The Kier molecular flexibility index (Phi) is 2.53. The average molecular weight is 168 g/mol. The van der Waals surface area contributed by atoms with Crippen LogP contribution in [0, 0.1) is 5.92 Å². The fraction of sp³-hybridized carbons (Fsp3) is 0.444. The molecule has 1 atom stereocenters. The summed E-state index contributed by atoms with van der Waals surface area (Å²) in [5.41, 5.74) is 0.979. The van der Waals surface area contributed by atoms with Crippen molar-refractivity contribution in [2.75, 3.05) is 7.11 Å². The second kappa shape index (κ2) is 3.43. The molecule has 66 valence electrons. The van der Waals surface area contributed by atoms with Gasteiger partial charge in [-0.25, -0.2) is 0 Å². The first-order chi connectivity index (χ1) is 5.65. The quantitative estimate of drug-likeness (QED) is 0.604. The Morgan fingerprint density at radius 3 is 2.92 bits per heavy atom. The number of hydrogen-bond acceptors (Lipinski definition) is 3. The molecular weight excluding hydrogens is 156 g/mol. The first kappa shape index (κ1) is 8.84. The van der Waals surface area contributed by atoms with Crippen LogP contribution in [-0.2, 0) is 9.53 Å². The number of carbonyl (C=O) groups is 1. The fourth-order valence-corrected chi connectivity index (χ4v) is 1.18. The van der Waals surface area contributed by atoms with Gasteiger partial charge in [-0.05, 0) is 19.4 Å². The number of aliphatic hydroxyl groups is 1. The van der Waals surface area contributed by atoms with Crippen molar-refractivity contribution in [3.8, 4) is 0 Å². The highest BCUT2D eigenvalue weighted by molar-refractivity contribution is 5.75. The molecule has 0 radical (unpaired) electrons. The van der Waals surface area contributed by atoms with Crippen molar-refractivity contribution in [2.24, 2.45) is 5.92 Å². The Balaban J connectivity index is 2.74. The molecule has 1 rings (SSSR count). The lowest BCUT2D eigenvalue weighted by Gasteiger charge is -2.15. The first-order valence-corrected chi connectivity index (χ1v) is 3.80. The zero-order chi connectivity index (χ0) is 9.14. The zero-order valence-corrected chi connectivity index (χ0v) is 7.20. The highest BCUT2D eigenvalue weighted by Crippen LogP contribution is 2.22. The molecule has 0 saturated heterocycles. The average Bonchev–Trinajstić information content (AvgIpc) is 2.03. The minimum atomic E-state index is -0.501.